The van der Waals surface area contributed by atoms with Gasteiger partial charge in [0.25, 0.3) is 6.43 Å². The molecule has 3 aliphatic heterocycles. The topological polar surface area (TPSA) is 74.1 Å². The predicted molar refractivity (Wildman–Crippen MR) is 180 cm³/mol. The summed E-state index contributed by atoms with van der Waals surface area (Å²) < 4.78 is 62.3. The van der Waals surface area contributed by atoms with Gasteiger partial charge in [-0.2, -0.15) is 4.98 Å². The van der Waals surface area contributed by atoms with E-state index in [9.17, 15) is 22.8 Å². The molecule has 1 aromatic heterocycles. The van der Waals surface area contributed by atoms with Crippen molar-refractivity contribution in [2.24, 2.45) is 0 Å². The van der Waals surface area contributed by atoms with Gasteiger partial charge in [0.05, 0.1) is 23.1 Å². The Morgan fingerprint density at radius 2 is 1.79 bits per heavy atom. The van der Waals surface area contributed by atoms with Crippen molar-refractivity contribution in [3.8, 4) is 11.1 Å². The number of rotatable bonds is 6. The number of thioether (sulfide) groups is 1. The summed E-state index contributed by atoms with van der Waals surface area (Å²) in [6, 6.07) is 4.48. The Kier molecular flexibility index (Phi) is 9.91. The average molecular weight is 711 g/mol. The van der Waals surface area contributed by atoms with Gasteiger partial charge >= 0.3 is 11.8 Å². The number of nitrogens with zero attached hydrogens (tertiary/aromatic N) is 6. The van der Waals surface area contributed by atoms with Gasteiger partial charge in [-0.3, -0.25) is 14.4 Å². The van der Waals surface area contributed by atoms with Crippen molar-refractivity contribution in [1.29, 1.82) is 0 Å². The van der Waals surface area contributed by atoms with Gasteiger partial charge in [0.2, 0.25) is 0 Å². The molecule has 3 aliphatic rings. The fourth-order valence-electron chi connectivity index (χ4n) is 6.77. The van der Waals surface area contributed by atoms with Crippen molar-refractivity contribution >= 4 is 46.2 Å². The lowest BCUT2D eigenvalue weighted by Gasteiger charge is -2.42. The molecule has 0 aliphatic carbocycles. The summed E-state index contributed by atoms with van der Waals surface area (Å²) in [5.74, 6) is -0.613. The first-order valence-corrected chi connectivity index (χ1v) is 17.4. The molecule has 2 atom stereocenters. The molecule has 2 aromatic carbocycles. The number of hydrogen-bond acceptors (Lipinski definition) is 8. The quantitative estimate of drug-likeness (QED) is 0.290. The molecule has 2 fully saturated rings. The van der Waals surface area contributed by atoms with Crippen molar-refractivity contribution in [3.63, 3.8) is 0 Å². The summed E-state index contributed by atoms with van der Waals surface area (Å²) in [6.45, 7) is 10.8. The molecule has 9 nitrogen and oxygen atoms in total. The van der Waals surface area contributed by atoms with E-state index in [1.165, 1.54) is 23.9 Å². The Morgan fingerprint density at radius 3 is 2.44 bits per heavy atom. The van der Waals surface area contributed by atoms with Gasteiger partial charge in [-0.15, -0.1) is 11.8 Å². The van der Waals surface area contributed by atoms with Gasteiger partial charge in [-0.25, -0.2) is 27.2 Å². The number of hydrogen-bond donors (Lipinski definition) is 0. The molecule has 1 unspecified atom stereocenters. The van der Waals surface area contributed by atoms with Crippen molar-refractivity contribution in [3.05, 3.63) is 51.4 Å². The molecular weight excluding hydrogens is 672 g/mol. The second-order valence-corrected chi connectivity index (χ2v) is 15.0. The summed E-state index contributed by atoms with van der Waals surface area (Å²) in [7, 11) is 0. The van der Waals surface area contributed by atoms with E-state index in [4.69, 9.17) is 16.3 Å². The van der Waals surface area contributed by atoms with E-state index in [0.29, 0.717) is 85.3 Å². The van der Waals surface area contributed by atoms with E-state index in [1.807, 2.05) is 32.6 Å². The third kappa shape index (κ3) is 7.12. The van der Waals surface area contributed by atoms with Crippen LogP contribution in [0, 0.1) is 11.6 Å². The van der Waals surface area contributed by atoms with Crippen molar-refractivity contribution in [2.45, 2.75) is 56.7 Å². The van der Waals surface area contributed by atoms with Gasteiger partial charge in [0.1, 0.15) is 23.1 Å². The predicted octanol–water partition coefficient (Wildman–Crippen LogP) is 5.97. The highest BCUT2D eigenvalue weighted by Crippen LogP contribution is 2.48. The molecule has 0 bridgehead atoms. The van der Waals surface area contributed by atoms with E-state index < -0.39 is 35.4 Å². The molecule has 15 heteroatoms. The third-order valence-electron chi connectivity index (χ3n) is 8.96. The first kappa shape index (κ1) is 34.8. The Hall–Kier alpha value is -3.07. The molecular formula is C33H39ClF4N6O3S. The van der Waals surface area contributed by atoms with E-state index in [1.54, 1.807) is 20.4 Å². The number of amides is 1. The van der Waals surface area contributed by atoms with E-state index in [-0.39, 0.29) is 29.2 Å². The molecule has 3 aromatic rings. The van der Waals surface area contributed by atoms with Crippen LogP contribution in [0.3, 0.4) is 0 Å². The van der Waals surface area contributed by atoms with Gasteiger partial charge in [0, 0.05) is 91.6 Å². The zero-order chi connectivity index (χ0) is 34.5. The number of halogens is 5. The molecule has 0 radical (unpaired) electrons. The number of carbonyl (C=O) groups is 1. The SMILES string of the molecule is CC1CN(C(=O)OC(C)(C)C)CCN1c1nc(=O)n2c3c(c(-c4ccc(F)cc4F)c(Cl)cc13)SC[C@@H]2CN1CCN(CC(F)F)CC1. The largest absolute Gasteiger partial charge is 0.444 e. The van der Waals surface area contributed by atoms with Gasteiger partial charge in [-0.1, -0.05) is 11.6 Å². The Bertz CT molecular complexity index is 1760. The lowest BCUT2D eigenvalue weighted by Crippen LogP contribution is -2.55. The van der Waals surface area contributed by atoms with Gasteiger partial charge in [-0.05, 0) is 45.9 Å². The zero-order valence-electron chi connectivity index (χ0n) is 27.3. The Balaban J connectivity index is 1.41. The second kappa shape index (κ2) is 13.7. The highest BCUT2D eigenvalue weighted by molar-refractivity contribution is 7.99. The van der Waals surface area contributed by atoms with Crippen LogP contribution in [0.2, 0.25) is 5.02 Å². The highest BCUT2D eigenvalue weighted by atomic mass is 35.5. The molecule has 0 spiro atoms. The monoisotopic (exact) mass is 710 g/mol. The van der Waals surface area contributed by atoms with Crippen LogP contribution >= 0.6 is 23.4 Å². The average Bonchev–Trinajstić information content (AvgIpc) is 3.00. The van der Waals surface area contributed by atoms with Crippen LogP contribution < -0.4 is 10.6 Å². The minimum Gasteiger partial charge on any atom is -0.444 e. The number of alkyl halides is 2. The first-order chi connectivity index (χ1) is 22.7. The smallest absolute Gasteiger partial charge is 0.410 e. The number of aromatic nitrogens is 2. The van der Waals surface area contributed by atoms with Crippen LogP contribution in [0.4, 0.5) is 28.2 Å². The van der Waals surface area contributed by atoms with Crippen LogP contribution in [-0.4, -0.2) is 113 Å². The molecule has 4 heterocycles. The minimum atomic E-state index is -2.39. The number of piperazine rings is 2. The van der Waals surface area contributed by atoms with Crippen molar-refractivity contribution in [1.82, 2.24) is 24.3 Å². The van der Waals surface area contributed by atoms with Gasteiger partial charge in [0.15, 0.2) is 0 Å². The Labute approximate surface area is 285 Å². The first-order valence-electron chi connectivity index (χ1n) is 16.0. The third-order valence-corrected chi connectivity index (χ3v) is 10.5. The molecule has 0 saturated carbocycles. The van der Waals surface area contributed by atoms with E-state index in [0.717, 1.165) is 6.07 Å². The summed E-state index contributed by atoms with van der Waals surface area (Å²) in [5.41, 5.74) is -0.0619. The van der Waals surface area contributed by atoms with Crippen LogP contribution in [0.25, 0.3) is 22.0 Å². The number of ether oxygens (including phenoxy) is 1. The fourth-order valence-corrected chi connectivity index (χ4v) is 8.45. The number of anilines is 1. The van der Waals surface area contributed by atoms with Gasteiger partial charge < -0.3 is 14.5 Å². The Morgan fingerprint density at radius 1 is 1.08 bits per heavy atom. The van der Waals surface area contributed by atoms with Crippen molar-refractivity contribution in [2.75, 3.05) is 69.6 Å². The zero-order valence-corrected chi connectivity index (χ0v) is 28.9. The van der Waals surface area contributed by atoms with Crippen LogP contribution in [0.15, 0.2) is 34.0 Å². The highest BCUT2D eigenvalue weighted by Gasteiger charge is 2.36. The molecule has 0 N–H and O–H groups in total. The second-order valence-electron chi connectivity index (χ2n) is 13.6. The summed E-state index contributed by atoms with van der Waals surface area (Å²) >= 11 is 8.37. The van der Waals surface area contributed by atoms with Crippen LogP contribution in [0.5, 0.6) is 0 Å². The maximum absolute atomic E-state index is 15.3. The lowest BCUT2D eigenvalue weighted by atomic mass is 10.0. The number of benzene rings is 2. The summed E-state index contributed by atoms with van der Waals surface area (Å²) in [4.78, 5) is 39.7. The van der Waals surface area contributed by atoms with Crippen LogP contribution in [-0.2, 0) is 4.74 Å². The standard InChI is InChI=1S/C33H39ClF4N6O3S/c1-19-15-42(32(46)47-33(2,3)4)11-12-43(19)30-23-14-24(34)27(22-6-5-20(35)13-25(22)36)29-28(23)44(31(45)39-30)21(18-48-29)16-40-7-9-41(10-8-40)17-26(37)38/h5-6,13-14,19,21,26H,7-12,15-18H2,1-4H3/t19?,21-/m0/s1. The fraction of sp³-hybridized carbons (Fsp3) is 0.545. The maximum atomic E-state index is 15.3. The molecule has 260 valence electrons. The van der Waals surface area contributed by atoms with E-state index in [2.05, 4.69) is 9.88 Å². The van der Waals surface area contributed by atoms with E-state index >= 15 is 4.39 Å². The molecule has 48 heavy (non-hydrogen) atoms. The minimum absolute atomic E-state index is 0.121. The molecule has 1 amide bonds. The van der Waals surface area contributed by atoms with Crippen molar-refractivity contribution < 1.29 is 27.1 Å². The normalized spacial score (nSPS) is 21.0. The maximum Gasteiger partial charge on any atom is 0.410 e. The molecule has 6 rings (SSSR count). The lowest BCUT2D eigenvalue weighted by molar-refractivity contribution is 0.0218. The summed E-state index contributed by atoms with van der Waals surface area (Å²) in [5, 5.41) is 0.842. The summed E-state index contributed by atoms with van der Waals surface area (Å²) in [6.07, 6.45) is -2.81. The van der Waals surface area contributed by atoms with Crippen LogP contribution in [0.1, 0.15) is 33.7 Å². The number of carbonyl (C=O) groups excluding carboxylic acids is 1. The molecule has 2 saturated heterocycles.